The van der Waals surface area contributed by atoms with E-state index in [1.165, 1.54) is 10.9 Å². The summed E-state index contributed by atoms with van der Waals surface area (Å²) >= 11 is 0. The maximum absolute atomic E-state index is 10.8. The number of nitrogens with zero attached hydrogens (tertiary/aromatic N) is 5. The molecule has 4 rings (SSSR count). The van der Waals surface area contributed by atoms with Crippen LogP contribution < -0.4 is 10.2 Å². The molecule has 2 N–H and O–H groups in total. The Labute approximate surface area is 167 Å². The first-order valence-corrected chi connectivity index (χ1v) is 8.84. The first-order chi connectivity index (χ1) is 14.3. The van der Waals surface area contributed by atoms with Crippen molar-refractivity contribution in [2.75, 3.05) is 12.5 Å². The second kappa shape index (κ2) is 8.22. The number of hydrogen-bond donors (Lipinski definition) is 2. The number of hydrazone groups is 1. The van der Waals surface area contributed by atoms with E-state index < -0.39 is 0 Å². The van der Waals surface area contributed by atoms with E-state index in [1.54, 1.807) is 25.6 Å². The summed E-state index contributed by atoms with van der Waals surface area (Å²) in [6.45, 7) is 0. The van der Waals surface area contributed by atoms with E-state index in [0.717, 1.165) is 17.0 Å². The monoisotopic (exact) mass is 386 g/mol. The van der Waals surface area contributed by atoms with Gasteiger partial charge in [0, 0.05) is 18.0 Å². The minimum Gasteiger partial charge on any atom is -0.497 e. The smallest absolute Gasteiger partial charge is 0.243 e. The average molecular weight is 386 g/mol. The maximum atomic E-state index is 10.8. The highest BCUT2D eigenvalue weighted by atomic mass is 16.5. The van der Waals surface area contributed by atoms with Gasteiger partial charge < -0.3 is 9.84 Å². The number of aromatic nitrogens is 4. The van der Waals surface area contributed by atoms with Gasteiger partial charge in [-0.3, -0.25) is 0 Å². The molecule has 0 bridgehead atoms. The minimum absolute atomic E-state index is 0.0263. The number of aromatic hydroxyl groups is 1. The van der Waals surface area contributed by atoms with Gasteiger partial charge in [0.1, 0.15) is 11.4 Å². The number of nitrogens with one attached hydrogen (secondary N) is 1. The number of anilines is 1. The molecule has 8 heteroatoms. The summed E-state index contributed by atoms with van der Waals surface area (Å²) in [6.07, 6.45) is 4.72. The average Bonchev–Trinajstić information content (AvgIpc) is 3.11. The van der Waals surface area contributed by atoms with Gasteiger partial charge in [0.15, 0.2) is 0 Å². The van der Waals surface area contributed by atoms with Crippen molar-refractivity contribution in [1.29, 1.82) is 0 Å². The molecule has 29 heavy (non-hydrogen) atoms. The summed E-state index contributed by atoms with van der Waals surface area (Å²) in [6, 6.07) is 18.5. The number of methoxy groups -OCH3 is 1. The van der Waals surface area contributed by atoms with Gasteiger partial charge in [-0.15, -0.1) is 0 Å². The molecule has 0 aliphatic carbocycles. The van der Waals surface area contributed by atoms with Gasteiger partial charge in [-0.2, -0.15) is 10.2 Å². The van der Waals surface area contributed by atoms with Gasteiger partial charge in [0.2, 0.25) is 11.8 Å². The molecule has 0 saturated heterocycles. The van der Waals surface area contributed by atoms with E-state index in [4.69, 9.17) is 4.74 Å². The fourth-order valence-electron chi connectivity index (χ4n) is 2.76. The van der Waals surface area contributed by atoms with Crippen LogP contribution in [0.2, 0.25) is 0 Å². The number of hydrogen-bond acceptors (Lipinski definition) is 7. The predicted octanol–water partition coefficient (Wildman–Crippen LogP) is 3.49. The zero-order valence-corrected chi connectivity index (χ0v) is 15.6. The van der Waals surface area contributed by atoms with E-state index in [2.05, 4.69) is 25.6 Å². The van der Waals surface area contributed by atoms with Crippen molar-refractivity contribution in [2.45, 2.75) is 0 Å². The van der Waals surface area contributed by atoms with Crippen molar-refractivity contribution < 1.29 is 9.84 Å². The molecule has 144 valence electrons. The van der Waals surface area contributed by atoms with Crippen LogP contribution >= 0.6 is 0 Å². The quantitative estimate of drug-likeness (QED) is 0.389. The Balaban J connectivity index is 1.75. The summed E-state index contributed by atoms with van der Waals surface area (Å²) < 4.78 is 6.69. The molecule has 0 amide bonds. The van der Waals surface area contributed by atoms with Crippen molar-refractivity contribution in [3.8, 4) is 28.6 Å². The SMILES string of the molecule is COc1ccc(-c2nn(-c3ccccc3)c(O)c2/C=N/Nc2ncccn2)cc1. The lowest BCUT2D eigenvalue weighted by molar-refractivity contribution is 0.415. The van der Waals surface area contributed by atoms with Crippen LogP contribution in [-0.2, 0) is 0 Å². The maximum Gasteiger partial charge on any atom is 0.243 e. The second-order valence-electron chi connectivity index (χ2n) is 6.00. The Morgan fingerprint density at radius 1 is 1.00 bits per heavy atom. The molecule has 0 unspecified atom stereocenters. The number of para-hydroxylation sites is 1. The predicted molar refractivity (Wildman–Crippen MR) is 110 cm³/mol. The van der Waals surface area contributed by atoms with Crippen molar-refractivity contribution in [2.24, 2.45) is 5.10 Å². The summed E-state index contributed by atoms with van der Waals surface area (Å²) in [7, 11) is 1.61. The molecule has 0 radical (unpaired) electrons. The second-order valence-corrected chi connectivity index (χ2v) is 6.00. The lowest BCUT2D eigenvalue weighted by Gasteiger charge is -2.02. The molecule has 0 spiro atoms. The zero-order valence-electron chi connectivity index (χ0n) is 15.6. The van der Waals surface area contributed by atoms with Gasteiger partial charge in [0.25, 0.3) is 0 Å². The summed E-state index contributed by atoms with van der Waals surface area (Å²) in [5.74, 6) is 1.06. The molecule has 2 aromatic heterocycles. The molecule has 2 heterocycles. The van der Waals surface area contributed by atoms with Gasteiger partial charge in [-0.05, 0) is 42.5 Å². The Bertz CT molecular complexity index is 1110. The van der Waals surface area contributed by atoms with Crippen molar-refractivity contribution in [3.63, 3.8) is 0 Å². The fourth-order valence-corrected chi connectivity index (χ4v) is 2.76. The Kier molecular flexibility index (Phi) is 5.15. The van der Waals surface area contributed by atoms with Crippen LogP contribution in [0.15, 0.2) is 78.2 Å². The molecule has 0 fully saturated rings. The van der Waals surface area contributed by atoms with Crippen LogP contribution in [0.4, 0.5) is 5.95 Å². The van der Waals surface area contributed by atoms with Gasteiger partial charge in [-0.1, -0.05) is 18.2 Å². The van der Waals surface area contributed by atoms with E-state index in [9.17, 15) is 5.11 Å². The van der Waals surface area contributed by atoms with E-state index in [1.807, 2.05) is 54.6 Å². The Hall–Kier alpha value is -4.20. The number of ether oxygens (including phenoxy) is 1. The van der Waals surface area contributed by atoms with Crippen LogP contribution in [0.25, 0.3) is 16.9 Å². The number of rotatable bonds is 6. The standard InChI is InChI=1S/C21H18N6O2/c1-29-17-10-8-15(9-11-17)19-18(14-24-25-21-22-12-5-13-23-21)20(28)27(26-19)16-6-3-2-4-7-16/h2-14,28H,1H3,(H,22,23,25)/b24-14+. The summed E-state index contributed by atoms with van der Waals surface area (Å²) in [4.78, 5) is 8.10. The normalized spacial score (nSPS) is 10.9. The van der Waals surface area contributed by atoms with E-state index in [-0.39, 0.29) is 5.88 Å². The fraction of sp³-hybridized carbons (Fsp3) is 0.0476. The van der Waals surface area contributed by atoms with Gasteiger partial charge >= 0.3 is 0 Å². The highest BCUT2D eigenvalue weighted by Gasteiger charge is 2.18. The highest BCUT2D eigenvalue weighted by Crippen LogP contribution is 2.31. The molecule has 0 aliphatic rings. The van der Waals surface area contributed by atoms with E-state index >= 15 is 0 Å². The van der Waals surface area contributed by atoms with Crippen LogP contribution in [0.5, 0.6) is 11.6 Å². The van der Waals surface area contributed by atoms with Crippen molar-refractivity contribution in [1.82, 2.24) is 19.7 Å². The first-order valence-electron chi connectivity index (χ1n) is 8.84. The Morgan fingerprint density at radius 3 is 2.41 bits per heavy atom. The molecule has 2 aromatic carbocycles. The molecule has 0 saturated carbocycles. The van der Waals surface area contributed by atoms with Crippen LogP contribution in [0.1, 0.15) is 5.56 Å². The lowest BCUT2D eigenvalue weighted by Crippen LogP contribution is -1.96. The zero-order chi connectivity index (χ0) is 20.1. The highest BCUT2D eigenvalue weighted by molar-refractivity contribution is 5.92. The Morgan fingerprint density at radius 2 is 1.72 bits per heavy atom. The van der Waals surface area contributed by atoms with Crippen molar-refractivity contribution in [3.05, 3.63) is 78.6 Å². The van der Waals surface area contributed by atoms with Gasteiger partial charge in [-0.25, -0.2) is 20.1 Å². The lowest BCUT2D eigenvalue weighted by atomic mass is 10.1. The molecular weight excluding hydrogens is 368 g/mol. The third-order valence-corrected chi connectivity index (χ3v) is 4.18. The molecule has 4 aromatic rings. The third kappa shape index (κ3) is 3.91. The third-order valence-electron chi connectivity index (χ3n) is 4.18. The minimum atomic E-state index is -0.0263. The molecule has 8 nitrogen and oxygen atoms in total. The molecule has 0 atom stereocenters. The van der Waals surface area contributed by atoms with Crippen LogP contribution in [-0.4, -0.2) is 38.2 Å². The van der Waals surface area contributed by atoms with E-state index in [0.29, 0.717) is 17.2 Å². The summed E-state index contributed by atoms with van der Waals surface area (Å²) in [5.41, 5.74) is 5.33. The van der Waals surface area contributed by atoms with Crippen molar-refractivity contribution >= 4 is 12.2 Å². The van der Waals surface area contributed by atoms with Gasteiger partial charge in [0.05, 0.1) is 24.6 Å². The van der Waals surface area contributed by atoms with Crippen LogP contribution in [0.3, 0.4) is 0 Å². The topological polar surface area (TPSA) is 97.5 Å². The summed E-state index contributed by atoms with van der Waals surface area (Å²) in [5, 5.41) is 19.6. The molecular formula is C21H18N6O2. The first kappa shape index (κ1) is 18.2. The largest absolute Gasteiger partial charge is 0.497 e. The number of benzene rings is 2. The van der Waals surface area contributed by atoms with Crippen LogP contribution in [0, 0.1) is 0 Å². The molecule has 0 aliphatic heterocycles.